The Morgan fingerprint density at radius 1 is 1.04 bits per heavy atom. The third kappa shape index (κ3) is 3.59. The molecule has 1 aliphatic heterocycles. The molecule has 2 unspecified atom stereocenters. The van der Waals surface area contributed by atoms with Gasteiger partial charge in [0.05, 0.1) is 0 Å². The lowest BCUT2D eigenvalue weighted by molar-refractivity contribution is 0.0778. The Balaban J connectivity index is 1.88. The van der Waals surface area contributed by atoms with Gasteiger partial charge in [0.25, 0.3) is 5.91 Å². The Hall–Kier alpha value is -2.37. The van der Waals surface area contributed by atoms with Crippen molar-refractivity contribution in [3.8, 4) is 11.1 Å². The number of likely N-dealkylation sites (tertiary alicyclic amines) is 1. The summed E-state index contributed by atoms with van der Waals surface area (Å²) in [5.41, 5.74) is 3.80. The maximum absolute atomic E-state index is 12.9. The third-order valence-electron chi connectivity index (χ3n) is 5.14. The number of carbonyl (C=O) groups is 1. The van der Waals surface area contributed by atoms with Crippen LogP contribution in [0.25, 0.3) is 11.1 Å². The highest BCUT2D eigenvalue weighted by molar-refractivity contribution is 5.96. The first-order chi connectivity index (χ1) is 12.5. The number of aliphatic hydroxyl groups is 2. The summed E-state index contributed by atoms with van der Waals surface area (Å²) in [6, 6.07) is 15.8. The molecule has 0 radical (unpaired) electrons. The predicted molar refractivity (Wildman–Crippen MR) is 103 cm³/mol. The minimum absolute atomic E-state index is 0.00867. The Morgan fingerprint density at radius 2 is 1.69 bits per heavy atom. The molecule has 5 nitrogen and oxygen atoms in total. The highest BCUT2D eigenvalue weighted by Crippen LogP contribution is 2.31. The Morgan fingerprint density at radius 3 is 2.31 bits per heavy atom. The lowest BCUT2D eigenvalue weighted by Gasteiger charge is -2.19. The SMILES string of the molecule is CN(C)c1ccccc1-c1cccc(C(=O)N2CC(CO)C(CO)C2)c1. The van der Waals surface area contributed by atoms with Gasteiger partial charge in [0.1, 0.15) is 0 Å². The van der Waals surface area contributed by atoms with Crippen LogP contribution in [0, 0.1) is 11.8 Å². The van der Waals surface area contributed by atoms with Crippen LogP contribution in [0.3, 0.4) is 0 Å². The molecule has 1 amide bonds. The van der Waals surface area contributed by atoms with Gasteiger partial charge in [-0.05, 0) is 23.8 Å². The van der Waals surface area contributed by atoms with Crippen molar-refractivity contribution in [1.29, 1.82) is 0 Å². The molecule has 2 aromatic rings. The lowest BCUT2D eigenvalue weighted by atomic mass is 9.98. The average Bonchev–Trinajstić information content (AvgIpc) is 3.11. The van der Waals surface area contributed by atoms with Crippen LogP contribution < -0.4 is 4.90 Å². The predicted octanol–water partition coefficient (Wildman–Crippen LogP) is 2.09. The molecule has 5 heteroatoms. The zero-order valence-electron chi connectivity index (χ0n) is 15.3. The topological polar surface area (TPSA) is 64.0 Å². The van der Waals surface area contributed by atoms with E-state index in [1.165, 1.54) is 0 Å². The van der Waals surface area contributed by atoms with Crippen LogP contribution in [-0.2, 0) is 0 Å². The minimum Gasteiger partial charge on any atom is -0.396 e. The molecule has 1 saturated heterocycles. The van der Waals surface area contributed by atoms with Crippen molar-refractivity contribution in [3.63, 3.8) is 0 Å². The van der Waals surface area contributed by atoms with Crippen molar-refractivity contribution < 1.29 is 15.0 Å². The number of anilines is 1. The van der Waals surface area contributed by atoms with E-state index in [2.05, 4.69) is 17.0 Å². The Kier molecular flexibility index (Phi) is 5.59. The summed E-state index contributed by atoms with van der Waals surface area (Å²) in [5.74, 6) is -0.160. The lowest BCUT2D eigenvalue weighted by Crippen LogP contribution is -2.29. The van der Waals surface area contributed by atoms with Gasteiger partial charge in [0.15, 0.2) is 0 Å². The smallest absolute Gasteiger partial charge is 0.253 e. The Labute approximate surface area is 154 Å². The van der Waals surface area contributed by atoms with Crippen molar-refractivity contribution in [1.82, 2.24) is 4.90 Å². The number of benzene rings is 2. The van der Waals surface area contributed by atoms with Gasteiger partial charge < -0.3 is 20.0 Å². The monoisotopic (exact) mass is 354 g/mol. The number of aliphatic hydroxyl groups excluding tert-OH is 2. The molecular weight excluding hydrogens is 328 g/mol. The van der Waals surface area contributed by atoms with Gasteiger partial charge in [-0.25, -0.2) is 0 Å². The van der Waals surface area contributed by atoms with Crippen LogP contribution in [0.5, 0.6) is 0 Å². The van der Waals surface area contributed by atoms with Crippen LogP contribution >= 0.6 is 0 Å². The van der Waals surface area contributed by atoms with Gasteiger partial charge in [-0.1, -0.05) is 30.3 Å². The third-order valence-corrected chi connectivity index (χ3v) is 5.14. The number of nitrogens with zero attached hydrogens (tertiary/aromatic N) is 2. The van der Waals surface area contributed by atoms with Crippen LogP contribution in [0.1, 0.15) is 10.4 Å². The summed E-state index contributed by atoms with van der Waals surface area (Å²) < 4.78 is 0. The summed E-state index contributed by atoms with van der Waals surface area (Å²) in [7, 11) is 4.00. The maximum atomic E-state index is 12.9. The van der Waals surface area contributed by atoms with Gasteiger partial charge in [-0.2, -0.15) is 0 Å². The standard InChI is InChI=1S/C21H26N2O3/c1-22(2)20-9-4-3-8-19(20)15-6-5-7-16(10-15)21(26)23-11-17(13-24)18(12-23)14-25/h3-10,17-18,24-25H,11-14H2,1-2H3. The summed E-state index contributed by atoms with van der Waals surface area (Å²) in [5, 5.41) is 18.9. The van der Waals surface area contributed by atoms with Gasteiger partial charge in [-0.3, -0.25) is 4.79 Å². The van der Waals surface area contributed by atoms with Crippen molar-refractivity contribution >= 4 is 11.6 Å². The fourth-order valence-corrected chi connectivity index (χ4v) is 3.63. The van der Waals surface area contributed by atoms with E-state index < -0.39 is 0 Å². The molecule has 0 saturated carbocycles. The fourth-order valence-electron chi connectivity index (χ4n) is 3.63. The second-order valence-corrected chi connectivity index (χ2v) is 7.09. The number of hydrogen-bond donors (Lipinski definition) is 2. The van der Waals surface area contributed by atoms with Gasteiger partial charge in [0.2, 0.25) is 0 Å². The maximum Gasteiger partial charge on any atom is 0.253 e. The van der Waals surface area contributed by atoms with E-state index in [0.29, 0.717) is 18.7 Å². The molecular formula is C21H26N2O3. The summed E-state index contributed by atoms with van der Waals surface area (Å²) in [6.45, 7) is 0.953. The van der Waals surface area contributed by atoms with Crippen molar-refractivity contribution in [2.24, 2.45) is 11.8 Å². The van der Waals surface area contributed by atoms with E-state index in [1.54, 1.807) is 4.90 Å². The molecule has 3 rings (SSSR count). The van der Waals surface area contributed by atoms with E-state index >= 15 is 0 Å². The summed E-state index contributed by atoms with van der Waals surface area (Å²) in [6.07, 6.45) is 0. The van der Waals surface area contributed by atoms with E-state index in [9.17, 15) is 15.0 Å². The zero-order valence-corrected chi connectivity index (χ0v) is 15.3. The summed E-state index contributed by atoms with van der Waals surface area (Å²) >= 11 is 0. The van der Waals surface area contributed by atoms with Crippen LogP contribution in [0.15, 0.2) is 48.5 Å². The first-order valence-electron chi connectivity index (χ1n) is 8.93. The van der Waals surface area contributed by atoms with Crippen LogP contribution in [0.4, 0.5) is 5.69 Å². The number of rotatable bonds is 5. The Bertz CT molecular complexity index is 763. The minimum atomic E-state index is -0.0541. The van der Waals surface area contributed by atoms with E-state index in [4.69, 9.17) is 0 Å². The molecule has 2 N–H and O–H groups in total. The molecule has 26 heavy (non-hydrogen) atoms. The fraction of sp³-hybridized carbons (Fsp3) is 0.381. The molecule has 0 bridgehead atoms. The van der Waals surface area contributed by atoms with Gasteiger partial charge in [0, 0.05) is 69.0 Å². The highest BCUT2D eigenvalue weighted by atomic mass is 16.3. The first-order valence-corrected chi connectivity index (χ1v) is 8.93. The molecule has 1 aliphatic rings. The van der Waals surface area contributed by atoms with Crippen LogP contribution in [0.2, 0.25) is 0 Å². The number of para-hydroxylation sites is 1. The highest BCUT2D eigenvalue weighted by Gasteiger charge is 2.34. The second-order valence-electron chi connectivity index (χ2n) is 7.09. The zero-order chi connectivity index (χ0) is 18.7. The molecule has 138 valence electrons. The van der Waals surface area contributed by atoms with E-state index in [-0.39, 0.29) is 31.0 Å². The normalized spacial score (nSPS) is 19.6. The second kappa shape index (κ2) is 7.89. The van der Waals surface area contributed by atoms with Gasteiger partial charge in [-0.15, -0.1) is 0 Å². The molecule has 2 atom stereocenters. The molecule has 1 fully saturated rings. The van der Waals surface area contributed by atoms with Crippen LogP contribution in [-0.4, -0.2) is 61.4 Å². The molecule has 1 heterocycles. The first kappa shape index (κ1) is 18.4. The largest absolute Gasteiger partial charge is 0.396 e. The quantitative estimate of drug-likeness (QED) is 0.863. The van der Waals surface area contributed by atoms with Crippen molar-refractivity contribution in [2.75, 3.05) is 45.3 Å². The van der Waals surface area contributed by atoms with E-state index in [0.717, 1.165) is 16.8 Å². The van der Waals surface area contributed by atoms with Gasteiger partial charge >= 0.3 is 0 Å². The molecule has 2 aromatic carbocycles. The van der Waals surface area contributed by atoms with Crippen molar-refractivity contribution in [3.05, 3.63) is 54.1 Å². The average molecular weight is 354 g/mol. The number of hydrogen-bond acceptors (Lipinski definition) is 4. The number of carbonyl (C=O) groups excluding carboxylic acids is 1. The molecule has 0 spiro atoms. The summed E-state index contributed by atoms with van der Waals surface area (Å²) in [4.78, 5) is 16.7. The van der Waals surface area contributed by atoms with Crippen molar-refractivity contribution in [2.45, 2.75) is 0 Å². The number of amides is 1. The molecule has 0 aromatic heterocycles. The molecule has 0 aliphatic carbocycles. The van der Waals surface area contributed by atoms with E-state index in [1.807, 2.05) is 50.5 Å².